The molecule has 0 fully saturated rings. The fourth-order valence-corrected chi connectivity index (χ4v) is 4.32. The zero-order chi connectivity index (χ0) is 43.0. The van der Waals surface area contributed by atoms with Crippen LogP contribution in [0.15, 0.2) is 0 Å². The molecule has 0 aliphatic carbocycles. The Balaban J connectivity index is 3.54. The topological polar surface area (TPSA) is 220 Å². The van der Waals surface area contributed by atoms with Crippen molar-refractivity contribution in [2.45, 2.75) is 119 Å². The first-order chi connectivity index (χ1) is 26.9. The van der Waals surface area contributed by atoms with Crippen molar-refractivity contribution in [2.24, 2.45) is 10.8 Å². The second kappa shape index (κ2) is 32.0. The minimum absolute atomic E-state index is 0.0109. The predicted octanol–water partition coefficient (Wildman–Crippen LogP) is 4.21. The third kappa shape index (κ3) is 33.9. The molecule has 0 bridgehead atoms. The summed E-state index contributed by atoms with van der Waals surface area (Å²) in [5.41, 5.74) is -0.884. The highest BCUT2D eigenvalue weighted by Crippen LogP contribution is 2.19. The number of carbonyl (C=O) groups is 8. The summed E-state index contributed by atoms with van der Waals surface area (Å²) in [5, 5.41) is 0. The molecule has 0 N–H and O–H groups in total. The van der Waals surface area contributed by atoms with Crippen molar-refractivity contribution in [3.05, 3.63) is 0 Å². The van der Waals surface area contributed by atoms with Crippen LogP contribution in [-0.4, -0.2) is 127 Å². The summed E-state index contributed by atoms with van der Waals surface area (Å²) in [6, 6.07) is 0. The van der Waals surface area contributed by atoms with Gasteiger partial charge >= 0.3 is 35.8 Å². The van der Waals surface area contributed by atoms with Crippen molar-refractivity contribution in [3.8, 4) is 0 Å². The lowest BCUT2D eigenvalue weighted by Gasteiger charge is -2.15. The van der Waals surface area contributed by atoms with E-state index < -0.39 is 46.6 Å². The Kier molecular flexibility index (Phi) is 29.8. The van der Waals surface area contributed by atoms with E-state index in [0.29, 0.717) is 38.9 Å². The largest absolute Gasteiger partial charge is 0.463 e. The van der Waals surface area contributed by atoms with Crippen LogP contribution in [0.2, 0.25) is 0 Å². The van der Waals surface area contributed by atoms with Crippen LogP contribution in [0.3, 0.4) is 0 Å². The van der Waals surface area contributed by atoms with E-state index in [-0.39, 0.29) is 129 Å². The van der Waals surface area contributed by atoms with Gasteiger partial charge in [-0.15, -0.1) is 0 Å². The maximum atomic E-state index is 11.9. The van der Waals surface area contributed by atoms with Gasteiger partial charge < -0.3 is 42.6 Å². The second-order valence-corrected chi connectivity index (χ2v) is 14.9. The molecule has 0 saturated carbocycles. The molecule has 0 spiro atoms. The molecule has 0 aliphatic rings. The van der Waals surface area contributed by atoms with E-state index in [0.717, 1.165) is 0 Å². The third-order valence-electron chi connectivity index (χ3n) is 7.71. The van der Waals surface area contributed by atoms with E-state index in [2.05, 4.69) is 0 Å². The zero-order valence-corrected chi connectivity index (χ0v) is 34.9. The van der Waals surface area contributed by atoms with Gasteiger partial charge in [-0.1, -0.05) is 41.5 Å². The normalized spacial score (nSPS) is 11.3. The Hall–Kier alpha value is -3.96. The van der Waals surface area contributed by atoms with Gasteiger partial charge in [-0.25, -0.2) is 0 Å². The van der Waals surface area contributed by atoms with E-state index in [4.69, 9.17) is 42.6 Å². The van der Waals surface area contributed by atoms with Gasteiger partial charge in [0, 0.05) is 62.2 Å². The van der Waals surface area contributed by atoms with Crippen molar-refractivity contribution in [1.82, 2.24) is 0 Å². The van der Waals surface area contributed by atoms with E-state index >= 15 is 0 Å². The smallest absolute Gasteiger partial charge is 0.305 e. The average molecular weight is 819 g/mol. The van der Waals surface area contributed by atoms with Crippen molar-refractivity contribution in [3.63, 3.8) is 0 Å². The monoisotopic (exact) mass is 818 g/mol. The number of ketones is 2. The Labute approximate surface area is 336 Å². The van der Waals surface area contributed by atoms with Crippen LogP contribution in [-0.2, 0) is 81.0 Å². The van der Waals surface area contributed by atoms with E-state index in [1.807, 2.05) is 41.5 Å². The standard InChI is InChI=1S/C40H66O17/c1-39(2,3)31(41)11-7-13-33(43)54-27-29-56-37(47)17-9-15-35(45)52-25-23-50-21-19-49-20-22-51-24-26-53-36(46)16-10-18-38(48)57-30-28-55-34(44)14-8-12-32(42)40(4,5)6/h7-30H2,1-6H3. The van der Waals surface area contributed by atoms with E-state index in [1.165, 1.54) is 0 Å². The number of carbonyl (C=O) groups excluding carboxylic acids is 8. The van der Waals surface area contributed by atoms with Gasteiger partial charge in [-0.2, -0.15) is 0 Å². The fourth-order valence-electron chi connectivity index (χ4n) is 4.32. The molecular weight excluding hydrogens is 752 g/mol. The van der Waals surface area contributed by atoms with Crippen molar-refractivity contribution in [2.75, 3.05) is 79.3 Å². The maximum Gasteiger partial charge on any atom is 0.305 e. The molecule has 328 valence electrons. The molecule has 0 amide bonds. The molecule has 0 atom stereocenters. The number of esters is 6. The molecule has 0 aliphatic heterocycles. The van der Waals surface area contributed by atoms with Gasteiger partial charge in [-0.3, -0.25) is 38.4 Å². The zero-order valence-electron chi connectivity index (χ0n) is 34.9. The Morgan fingerprint density at radius 3 is 0.667 bits per heavy atom. The summed E-state index contributed by atoms with van der Waals surface area (Å²) in [4.78, 5) is 94.5. The number of ether oxygens (including phenoxy) is 9. The van der Waals surface area contributed by atoms with Gasteiger partial charge in [0.2, 0.25) is 0 Å². The second-order valence-electron chi connectivity index (χ2n) is 14.9. The summed E-state index contributed by atoms with van der Waals surface area (Å²) in [7, 11) is 0. The molecule has 57 heavy (non-hydrogen) atoms. The lowest BCUT2D eigenvalue weighted by atomic mass is 9.88. The van der Waals surface area contributed by atoms with Crippen LogP contribution in [0.5, 0.6) is 0 Å². The molecule has 0 aromatic heterocycles. The molecule has 0 saturated heterocycles. The summed E-state index contributed by atoms with van der Waals surface area (Å²) >= 11 is 0. The van der Waals surface area contributed by atoms with Crippen LogP contribution >= 0.6 is 0 Å². The quantitative estimate of drug-likeness (QED) is 0.0504. The highest BCUT2D eigenvalue weighted by molar-refractivity contribution is 5.84. The molecule has 0 aromatic carbocycles. The van der Waals surface area contributed by atoms with Gasteiger partial charge in [0.25, 0.3) is 0 Å². The molecule has 0 aromatic rings. The van der Waals surface area contributed by atoms with Crippen molar-refractivity contribution in [1.29, 1.82) is 0 Å². The Morgan fingerprint density at radius 2 is 0.456 bits per heavy atom. The fraction of sp³-hybridized carbons (Fsp3) is 0.800. The van der Waals surface area contributed by atoms with Crippen LogP contribution in [0.1, 0.15) is 119 Å². The lowest BCUT2D eigenvalue weighted by molar-refractivity contribution is -0.153. The molecule has 17 nitrogen and oxygen atoms in total. The Bertz CT molecular complexity index is 1120. The minimum atomic E-state index is -0.521. The predicted molar refractivity (Wildman–Crippen MR) is 203 cm³/mol. The molecule has 0 heterocycles. The number of hydrogen-bond acceptors (Lipinski definition) is 17. The molecule has 0 rings (SSSR count). The SMILES string of the molecule is CC(C)(C)C(=O)CCCC(=O)OCCOC(=O)CCCC(=O)OCCOCCOCCOCCOC(=O)CCCC(=O)OCCOC(=O)CCCC(=O)C(C)(C)C. The molecule has 0 unspecified atom stereocenters. The minimum Gasteiger partial charge on any atom is -0.463 e. The first-order valence-corrected chi connectivity index (χ1v) is 19.7. The average Bonchev–Trinajstić information content (AvgIpc) is 3.13. The van der Waals surface area contributed by atoms with Gasteiger partial charge in [0.05, 0.1) is 39.6 Å². The van der Waals surface area contributed by atoms with Crippen LogP contribution < -0.4 is 0 Å². The summed E-state index contributed by atoms with van der Waals surface area (Å²) in [6.07, 6.45) is 2.20. The highest BCUT2D eigenvalue weighted by Gasteiger charge is 2.22. The summed E-state index contributed by atoms with van der Waals surface area (Å²) in [5.74, 6) is -2.76. The Morgan fingerprint density at radius 1 is 0.281 bits per heavy atom. The van der Waals surface area contributed by atoms with E-state index in [9.17, 15) is 38.4 Å². The van der Waals surface area contributed by atoms with Gasteiger partial charge in [0.1, 0.15) is 51.2 Å². The van der Waals surface area contributed by atoms with E-state index in [1.54, 1.807) is 0 Å². The van der Waals surface area contributed by atoms with Crippen LogP contribution in [0.25, 0.3) is 0 Å². The summed E-state index contributed by atoms with van der Waals surface area (Å²) < 4.78 is 46.1. The van der Waals surface area contributed by atoms with Gasteiger partial charge in [-0.05, 0) is 25.7 Å². The van der Waals surface area contributed by atoms with Gasteiger partial charge in [0.15, 0.2) is 0 Å². The molecule has 17 heteroatoms. The van der Waals surface area contributed by atoms with Crippen LogP contribution in [0, 0.1) is 10.8 Å². The van der Waals surface area contributed by atoms with Crippen molar-refractivity contribution < 1.29 is 81.0 Å². The first kappa shape index (κ1) is 53.0. The number of rotatable bonds is 34. The highest BCUT2D eigenvalue weighted by atomic mass is 16.6. The number of Topliss-reactive ketones (excluding diaryl/α,β-unsaturated/α-hetero) is 2. The first-order valence-electron chi connectivity index (χ1n) is 19.7. The molecular formula is C40H66O17. The maximum absolute atomic E-state index is 11.9. The molecule has 0 radical (unpaired) electrons. The number of hydrogen-bond donors (Lipinski definition) is 0. The van der Waals surface area contributed by atoms with Crippen LogP contribution in [0.4, 0.5) is 0 Å². The van der Waals surface area contributed by atoms with Crippen molar-refractivity contribution >= 4 is 47.4 Å². The lowest BCUT2D eigenvalue weighted by Crippen LogP contribution is -2.20. The third-order valence-corrected chi connectivity index (χ3v) is 7.71. The summed E-state index contributed by atoms with van der Waals surface area (Å²) in [6.45, 7) is 12.2.